The lowest BCUT2D eigenvalue weighted by molar-refractivity contribution is 0.363. The van der Waals surface area contributed by atoms with Gasteiger partial charge in [-0.1, -0.05) is 32.1 Å². The molecule has 1 saturated carbocycles. The maximum absolute atomic E-state index is 5.98. The van der Waals surface area contributed by atoms with E-state index in [-0.39, 0.29) is 5.54 Å². The summed E-state index contributed by atoms with van der Waals surface area (Å²) in [5.74, 6) is 2.61. The highest BCUT2D eigenvalue weighted by molar-refractivity contribution is 5.02. The summed E-state index contributed by atoms with van der Waals surface area (Å²) in [6.07, 6.45) is 12.2. The van der Waals surface area contributed by atoms with Crippen LogP contribution in [0.5, 0.6) is 0 Å². The second kappa shape index (κ2) is 7.26. The van der Waals surface area contributed by atoms with Gasteiger partial charge < -0.3 is 9.73 Å². The summed E-state index contributed by atoms with van der Waals surface area (Å²) < 4.78 is 5.98. The van der Waals surface area contributed by atoms with Crippen LogP contribution in [-0.4, -0.2) is 17.1 Å². The molecule has 0 spiro atoms. The van der Waals surface area contributed by atoms with Crippen molar-refractivity contribution >= 4 is 0 Å². The first-order valence-electron chi connectivity index (χ1n) is 8.24. The molecule has 114 valence electrons. The first-order chi connectivity index (χ1) is 9.54. The number of rotatable bonds is 4. The minimum atomic E-state index is 0.162. The SMILES string of the molecule is CC(C)(C)NCCc1ncc(C2CCCCCCC2)o1. The molecule has 0 bridgehead atoms. The van der Waals surface area contributed by atoms with Crippen molar-refractivity contribution in [2.75, 3.05) is 6.54 Å². The van der Waals surface area contributed by atoms with E-state index in [0.717, 1.165) is 24.6 Å². The minimum Gasteiger partial charge on any atom is -0.445 e. The Morgan fingerprint density at radius 1 is 1.15 bits per heavy atom. The number of hydrogen-bond donors (Lipinski definition) is 1. The normalized spacial score (nSPS) is 18.8. The molecule has 1 aromatic heterocycles. The smallest absolute Gasteiger partial charge is 0.195 e. The fraction of sp³-hybridized carbons (Fsp3) is 0.824. The molecule has 1 aliphatic rings. The Morgan fingerprint density at radius 2 is 1.80 bits per heavy atom. The van der Waals surface area contributed by atoms with E-state index in [1.165, 1.54) is 44.9 Å². The van der Waals surface area contributed by atoms with Gasteiger partial charge in [-0.05, 0) is 33.6 Å². The van der Waals surface area contributed by atoms with Gasteiger partial charge in [0.25, 0.3) is 0 Å². The first kappa shape index (κ1) is 15.6. The molecule has 1 fully saturated rings. The third kappa shape index (κ3) is 5.28. The zero-order chi connectivity index (χ0) is 14.4. The summed E-state index contributed by atoms with van der Waals surface area (Å²) in [6.45, 7) is 7.47. The molecule has 1 aliphatic carbocycles. The van der Waals surface area contributed by atoms with Crippen LogP contribution in [0.1, 0.15) is 83.3 Å². The average molecular weight is 278 g/mol. The van der Waals surface area contributed by atoms with E-state index in [1.54, 1.807) is 0 Å². The van der Waals surface area contributed by atoms with Crippen molar-refractivity contribution < 1.29 is 4.42 Å². The standard InChI is InChI=1S/C17H30N2O/c1-17(2,3)19-12-11-16-18-13-15(20-16)14-9-7-5-4-6-8-10-14/h13-14,19H,4-12H2,1-3H3. The molecule has 0 unspecified atom stereocenters. The third-order valence-electron chi connectivity index (χ3n) is 4.07. The Kier molecular flexibility index (Phi) is 5.64. The second-order valence-corrected chi connectivity index (χ2v) is 7.13. The van der Waals surface area contributed by atoms with E-state index in [4.69, 9.17) is 4.42 Å². The molecule has 0 aromatic carbocycles. The van der Waals surface area contributed by atoms with Gasteiger partial charge in [-0.3, -0.25) is 0 Å². The van der Waals surface area contributed by atoms with Gasteiger partial charge in [0.15, 0.2) is 5.89 Å². The Morgan fingerprint density at radius 3 is 2.45 bits per heavy atom. The molecule has 20 heavy (non-hydrogen) atoms. The predicted octanol–water partition coefficient (Wildman–Crippen LogP) is 4.43. The van der Waals surface area contributed by atoms with Crippen LogP contribution in [0.25, 0.3) is 0 Å². The molecule has 3 heteroatoms. The molecule has 0 aliphatic heterocycles. The molecule has 3 nitrogen and oxygen atoms in total. The molecular weight excluding hydrogens is 248 g/mol. The number of hydrogen-bond acceptors (Lipinski definition) is 3. The van der Waals surface area contributed by atoms with Gasteiger partial charge in [0.05, 0.1) is 6.20 Å². The Labute approximate surface area is 123 Å². The predicted molar refractivity (Wildman–Crippen MR) is 83.0 cm³/mol. The van der Waals surface area contributed by atoms with E-state index in [9.17, 15) is 0 Å². The van der Waals surface area contributed by atoms with E-state index < -0.39 is 0 Å². The lowest BCUT2D eigenvalue weighted by Gasteiger charge is -2.19. The van der Waals surface area contributed by atoms with Crippen molar-refractivity contribution in [2.24, 2.45) is 0 Å². The summed E-state index contributed by atoms with van der Waals surface area (Å²) in [6, 6.07) is 0. The monoisotopic (exact) mass is 278 g/mol. The second-order valence-electron chi connectivity index (χ2n) is 7.13. The van der Waals surface area contributed by atoms with Gasteiger partial charge in [-0.2, -0.15) is 0 Å². The summed E-state index contributed by atoms with van der Waals surface area (Å²) in [7, 11) is 0. The summed E-state index contributed by atoms with van der Waals surface area (Å²) in [5, 5.41) is 3.48. The van der Waals surface area contributed by atoms with Crippen molar-refractivity contribution in [3.05, 3.63) is 17.8 Å². The highest BCUT2D eigenvalue weighted by Gasteiger charge is 2.18. The number of nitrogens with one attached hydrogen (secondary N) is 1. The largest absolute Gasteiger partial charge is 0.445 e. The lowest BCUT2D eigenvalue weighted by atomic mass is 9.90. The molecule has 1 heterocycles. The molecule has 1 aromatic rings. The maximum atomic E-state index is 5.98. The van der Waals surface area contributed by atoms with E-state index in [0.29, 0.717) is 5.92 Å². The number of aromatic nitrogens is 1. The zero-order valence-electron chi connectivity index (χ0n) is 13.4. The Hall–Kier alpha value is -0.830. The van der Waals surface area contributed by atoms with Crippen LogP contribution in [0.3, 0.4) is 0 Å². The van der Waals surface area contributed by atoms with Gasteiger partial charge in [-0.25, -0.2) is 4.98 Å². The van der Waals surface area contributed by atoms with E-state index in [1.807, 2.05) is 6.20 Å². The van der Waals surface area contributed by atoms with Crippen molar-refractivity contribution in [1.29, 1.82) is 0 Å². The van der Waals surface area contributed by atoms with Gasteiger partial charge in [0, 0.05) is 24.4 Å². The lowest BCUT2D eigenvalue weighted by Crippen LogP contribution is -2.37. The fourth-order valence-electron chi connectivity index (χ4n) is 2.91. The van der Waals surface area contributed by atoms with Gasteiger partial charge in [0.2, 0.25) is 0 Å². The highest BCUT2D eigenvalue weighted by atomic mass is 16.4. The van der Waals surface area contributed by atoms with Crippen LogP contribution in [0.4, 0.5) is 0 Å². The zero-order valence-corrected chi connectivity index (χ0v) is 13.4. The van der Waals surface area contributed by atoms with E-state index >= 15 is 0 Å². The van der Waals surface area contributed by atoms with Gasteiger partial charge in [0.1, 0.15) is 5.76 Å². The van der Waals surface area contributed by atoms with Crippen LogP contribution in [-0.2, 0) is 6.42 Å². The molecule has 0 atom stereocenters. The van der Waals surface area contributed by atoms with Crippen LogP contribution < -0.4 is 5.32 Å². The minimum absolute atomic E-state index is 0.162. The van der Waals surface area contributed by atoms with Crippen LogP contribution >= 0.6 is 0 Å². The molecular formula is C17H30N2O. The van der Waals surface area contributed by atoms with Gasteiger partial charge in [-0.15, -0.1) is 0 Å². The van der Waals surface area contributed by atoms with Crippen molar-refractivity contribution in [1.82, 2.24) is 10.3 Å². The van der Waals surface area contributed by atoms with Crippen molar-refractivity contribution in [3.8, 4) is 0 Å². The summed E-state index contributed by atoms with van der Waals surface area (Å²) in [4.78, 5) is 4.46. The maximum Gasteiger partial charge on any atom is 0.195 e. The van der Waals surface area contributed by atoms with Crippen LogP contribution in [0, 0.1) is 0 Å². The molecule has 2 rings (SSSR count). The first-order valence-corrected chi connectivity index (χ1v) is 8.24. The van der Waals surface area contributed by atoms with Crippen molar-refractivity contribution in [3.63, 3.8) is 0 Å². The summed E-state index contributed by atoms with van der Waals surface area (Å²) >= 11 is 0. The Balaban J connectivity index is 1.84. The van der Waals surface area contributed by atoms with Gasteiger partial charge >= 0.3 is 0 Å². The molecule has 1 N–H and O–H groups in total. The molecule has 0 saturated heterocycles. The topological polar surface area (TPSA) is 38.1 Å². The highest BCUT2D eigenvalue weighted by Crippen LogP contribution is 2.31. The number of oxazole rings is 1. The van der Waals surface area contributed by atoms with Crippen LogP contribution in [0.15, 0.2) is 10.6 Å². The quantitative estimate of drug-likeness (QED) is 0.885. The fourth-order valence-corrected chi connectivity index (χ4v) is 2.91. The van der Waals surface area contributed by atoms with E-state index in [2.05, 4.69) is 31.1 Å². The number of nitrogens with zero attached hydrogens (tertiary/aromatic N) is 1. The molecule has 0 radical (unpaired) electrons. The van der Waals surface area contributed by atoms with Crippen LogP contribution in [0.2, 0.25) is 0 Å². The average Bonchev–Trinajstić information content (AvgIpc) is 2.75. The third-order valence-corrected chi connectivity index (χ3v) is 4.07. The molecule has 0 amide bonds. The summed E-state index contributed by atoms with van der Waals surface area (Å²) in [5.41, 5.74) is 0.162. The van der Waals surface area contributed by atoms with Crippen molar-refractivity contribution in [2.45, 2.75) is 83.6 Å². The Bertz CT molecular complexity index is 384.